The van der Waals surface area contributed by atoms with Crippen LogP contribution in [0.4, 0.5) is 13.2 Å². The Morgan fingerprint density at radius 3 is 2.51 bits per heavy atom. The van der Waals surface area contributed by atoms with Crippen molar-refractivity contribution in [1.29, 1.82) is 0 Å². The largest absolute Gasteiger partial charge is 0.435 e. The van der Waals surface area contributed by atoms with E-state index in [4.69, 9.17) is 11.6 Å². The molecular formula is C31H31ClF3N9O3. The lowest BCUT2D eigenvalue weighted by molar-refractivity contribution is -0.140. The number of pyridine rings is 1. The molecule has 3 amide bonds. The SMILES string of the molecule is O=C(NCc1ccc(C(=O)N2CCN(C(=O)[C@H]3CCNC3)CC2)c(Cl)c1)c1ncc(-c2c(C(F)(F)F)n[nH]c2Cc2cccnc2)[nH]1. The number of hydrogen-bond donors (Lipinski definition) is 4. The predicted molar refractivity (Wildman–Crippen MR) is 164 cm³/mol. The molecule has 16 heteroatoms. The molecule has 1 atom stereocenters. The fourth-order valence-electron chi connectivity index (χ4n) is 5.80. The molecule has 6 rings (SSSR count). The van der Waals surface area contributed by atoms with Gasteiger partial charge in [0.2, 0.25) is 5.91 Å². The normalized spacial score (nSPS) is 16.8. The zero-order valence-corrected chi connectivity index (χ0v) is 25.8. The van der Waals surface area contributed by atoms with Gasteiger partial charge in [-0.05, 0) is 42.3 Å². The van der Waals surface area contributed by atoms with E-state index in [0.717, 1.165) is 19.2 Å². The molecule has 3 aromatic heterocycles. The second-order valence-corrected chi connectivity index (χ2v) is 11.8. The van der Waals surface area contributed by atoms with E-state index in [9.17, 15) is 27.6 Å². The molecule has 4 aromatic rings. The van der Waals surface area contributed by atoms with Gasteiger partial charge in [-0.2, -0.15) is 18.3 Å². The predicted octanol–water partition coefficient (Wildman–Crippen LogP) is 3.28. The van der Waals surface area contributed by atoms with Crippen LogP contribution in [0.5, 0.6) is 0 Å². The molecule has 0 unspecified atom stereocenters. The first-order valence-corrected chi connectivity index (χ1v) is 15.4. The first kappa shape index (κ1) is 32.2. The van der Waals surface area contributed by atoms with Crippen molar-refractivity contribution in [1.82, 2.24) is 45.6 Å². The van der Waals surface area contributed by atoms with Gasteiger partial charge in [-0.1, -0.05) is 23.7 Å². The zero-order valence-electron chi connectivity index (χ0n) is 25.0. The number of nitrogens with one attached hydrogen (secondary N) is 4. The number of H-pyrrole nitrogens is 2. The van der Waals surface area contributed by atoms with Gasteiger partial charge < -0.3 is 25.4 Å². The van der Waals surface area contributed by atoms with Crippen LogP contribution in [-0.2, 0) is 23.9 Å². The van der Waals surface area contributed by atoms with Crippen molar-refractivity contribution in [2.45, 2.75) is 25.6 Å². The smallest absolute Gasteiger partial charge is 0.345 e. The van der Waals surface area contributed by atoms with Gasteiger partial charge in [0.15, 0.2) is 11.5 Å². The second kappa shape index (κ2) is 13.5. The number of benzene rings is 1. The summed E-state index contributed by atoms with van der Waals surface area (Å²) in [6.45, 7) is 3.26. The Morgan fingerprint density at radius 2 is 1.83 bits per heavy atom. The van der Waals surface area contributed by atoms with Crippen molar-refractivity contribution in [3.8, 4) is 11.3 Å². The van der Waals surface area contributed by atoms with Crippen LogP contribution in [0.2, 0.25) is 5.02 Å². The topological polar surface area (TPSA) is 152 Å². The van der Waals surface area contributed by atoms with Crippen molar-refractivity contribution in [2.75, 3.05) is 39.3 Å². The van der Waals surface area contributed by atoms with Gasteiger partial charge in [0.05, 0.1) is 34.0 Å². The summed E-state index contributed by atoms with van der Waals surface area (Å²) in [7, 11) is 0. The fraction of sp³-hybridized carbons (Fsp3) is 0.355. The highest BCUT2D eigenvalue weighted by molar-refractivity contribution is 6.33. The van der Waals surface area contributed by atoms with Crippen molar-refractivity contribution in [3.05, 3.63) is 87.8 Å². The number of imidazole rings is 1. The number of rotatable bonds is 8. The number of piperazine rings is 1. The van der Waals surface area contributed by atoms with Crippen LogP contribution in [0.15, 0.2) is 48.9 Å². The highest BCUT2D eigenvalue weighted by Gasteiger charge is 2.39. The number of nitrogens with zero attached hydrogens (tertiary/aromatic N) is 5. The fourth-order valence-corrected chi connectivity index (χ4v) is 6.09. The number of carbonyl (C=O) groups excluding carboxylic acids is 3. The molecule has 12 nitrogen and oxygen atoms in total. The number of hydrogen-bond acceptors (Lipinski definition) is 7. The number of alkyl halides is 3. The first-order chi connectivity index (χ1) is 22.6. The standard InChI is InChI=1S/C31H31ClF3N9O3/c32-22-12-19(3-4-21(22)30(47)44-10-8-43(9-11-44)29(46)20-5-7-37-16-20)15-39-28(45)27-38-17-24(40-27)25-23(13-18-2-1-6-36-14-18)41-42-26(25)31(33,34)35/h1-4,6,12,14,17,20,37H,5,7-11,13,15-16H2,(H,38,40)(H,39,45)(H,41,42)/t20-/m0/s1. The summed E-state index contributed by atoms with van der Waals surface area (Å²) in [5, 5.41) is 12.0. The van der Waals surface area contributed by atoms with E-state index in [2.05, 4.69) is 35.8 Å². The lowest BCUT2D eigenvalue weighted by atomic mass is 10.0. The molecule has 1 aromatic carbocycles. The van der Waals surface area contributed by atoms with Crippen LogP contribution in [0.25, 0.3) is 11.3 Å². The highest BCUT2D eigenvalue weighted by Crippen LogP contribution is 2.37. The molecule has 47 heavy (non-hydrogen) atoms. The molecule has 0 bridgehead atoms. The van der Waals surface area contributed by atoms with E-state index < -0.39 is 17.8 Å². The molecule has 2 aliphatic heterocycles. The molecule has 0 saturated carbocycles. The minimum absolute atomic E-state index is 0.0102. The summed E-state index contributed by atoms with van der Waals surface area (Å²) in [5.74, 6) is -0.983. The van der Waals surface area contributed by atoms with Crippen LogP contribution in [0.3, 0.4) is 0 Å². The van der Waals surface area contributed by atoms with Gasteiger partial charge in [0.25, 0.3) is 11.8 Å². The van der Waals surface area contributed by atoms with Crippen molar-refractivity contribution >= 4 is 29.3 Å². The van der Waals surface area contributed by atoms with Gasteiger partial charge in [-0.3, -0.25) is 24.5 Å². The maximum absolute atomic E-state index is 13.8. The maximum Gasteiger partial charge on any atom is 0.435 e. The number of carbonyl (C=O) groups is 3. The Morgan fingerprint density at radius 1 is 1.04 bits per heavy atom. The lowest BCUT2D eigenvalue weighted by Gasteiger charge is -2.36. The van der Waals surface area contributed by atoms with E-state index in [-0.39, 0.29) is 58.5 Å². The number of aromatic amines is 2. The molecule has 4 N–H and O–H groups in total. The third kappa shape index (κ3) is 7.15. The van der Waals surface area contributed by atoms with E-state index in [1.807, 2.05) is 4.90 Å². The molecule has 2 aliphatic rings. The monoisotopic (exact) mass is 669 g/mol. The van der Waals surface area contributed by atoms with E-state index in [1.165, 1.54) is 0 Å². The molecule has 0 aliphatic carbocycles. The van der Waals surface area contributed by atoms with Gasteiger partial charge in [0, 0.05) is 63.8 Å². The quantitative estimate of drug-likeness (QED) is 0.225. The van der Waals surface area contributed by atoms with E-state index in [1.54, 1.807) is 47.6 Å². The molecule has 0 radical (unpaired) electrons. The lowest BCUT2D eigenvalue weighted by Crippen LogP contribution is -2.52. The molecule has 246 valence electrons. The van der Waals surface area contributed by atoms with Crippen LogP contribution in [0.1, 0.15) is 49.9 Å². The molecule has 2 fully saturated rings. The Kier molecular flexibility index (Phi) is 9.27. The van der Waals surface area contributed by atoms with Crippen LogP contribution < -0.4 is 10.6 Å². The van der Waals surface area contributed by atoms with Crippen molar-refractivity contribution in [3.63, 3.8) is 0 Å². The van der Waals surface area contributed by atoms with E-state index in [0.29, 0.717) is 49.4 Å². The Hall–Kier alpha value is -4.76. The molecule has 0 spiro atoms. The van der Waals surface area contributed by atoms with Gasteiger partial charge in [-0.25, -0.2) is 4.98 Å². The average Bonchev–Trinajstić information content (AvgIpc) is 3.85. The molecule has 2 saturated heterocycles. The third-order valence-electron chi connectivity index (χ3n) is 8.28. The first-order valence-electron chi connectivity index (χ1n) is 15.0. The summed E-state index contributed by atoms with van der Waals surface area (Å²) in [5.41, 5.74) is 0.359. The van der Waals surface area contributed by atoms with Crippen LogP contribution in [-0.4, -0.2) is 91.9 Å². The van der Waals surface area contributed by atoms with Crippen molar-refractivity contribution < 1.29 is 27.6 Å². The molecule has 5 heterocycles. The Balaban J connectivity index is 1.08. The van der Waals surface area contributed by atoms with Gasteiger partial charge in [-0.15, -0.1) is 0 Å². The number of halogens is 4. The average molecular weight is 670 g/mol. The highest BCUT2D eigenvalue weighted by atomic mass is 35.5. The number of amides is 3. The minimum atomic E-state index is -4.75. The summed E-state index contributed by atoms with van der Waals surface area (Å²) in [4.78, 5) is 53.0. The summed E-state index contributed by atoms with van der Waals surface area (Å²) >= 11 is 6.47. The summed E-state index contributed by atoms with van der Waals surface area (Å²) < 4.78 is 41.4. The van der Waals surface area contributed by atoms with Crippen LogP contribution in [0, 0.1) is 5.92 Å². The van der Waals surface area contributed by atoms with Crippen LogP contribution >= 0.6 is 11.6 Å². The Labute approximate surface area is 272 Å². The minimum Gasteiger partial charge on any atom is -0.345 e. The Bertz CT molecular complexity index is 1760. The molecular weight excluding hydrogens is 639 g/mol. The van der Waals surface area contributed by atoms with Gasteiger partial charge in [0.1, 0.15) is 0 Å². The maximum atomic E-state index is 13.8. The van der Waals surface area contributed by atoms with Gasteiger partial charge >= 0.3 is 6.18 Å². The third-order valence-corrected chi connectivity index (χ3v) is 8.59. The summed E-state index contributed by atoms with van der Waals surface area (Å²) in [6, 6.07) is 8.22. The number of aromatic nitrogens is 5. The second-order valence-electron chi connectivity index (χ2n) is 11.4. The van der Waals surface area contributed by atoms with Crippen molar-refractivity contribution in [2.24, 2.45) is 5.92 Å². The summed E-state index contributed by atoms with van der Waals surface area (Å²) in [6.07, 6.45) is 0.424. The van der Waals surface area contributed by atoms with E-state index >= 15 is 0 Å². The zero-order chi connectivity index (χ0) is 33.1.